The monoisotopic (exact) mass is 295 g/mol. The molecule has 0 aliphatic carbocycles. The summed E-state index contributed by atoms with van der Waals surface area (Å²) in [6.07, 6.45) is 4.44. The van der Waals surface area contributed by atoms with Crippen LogP contribution in [0.25, 0.3) is 0 Å². The SMILES string of the molecule is O=[P](O)(O)[Zn]1([Cl])([Cl])[n+]2ccc[n+]1c2. The summed E-state index contributed by atoms with van der Waals surface area (Å²) in [6.45, 7) is 0. The van der Waals surface area contributed by atoms with Crippen molar-refractivity contribution in [3.8, 4) is 0 Å². The number of nitrogens with zero attached hydrogens (tertiary/aromatic N) is 2. The van der Waals surface area contributed by atoms with Gasteiger partial charge in [0.1, 0.15) is 0 Å². The van der Waals surface area contributed by atoms with Crippen molar-refractivity contribution in [2.24, 2.45) is 0 Å². The van der Waals surface area contributed by atoms with Crippen LogP contribution < -0.4 is 6.62 Å². The predicted molar refractivity (Wildman–Crippen MR) is 41.4 cm³/mol. The molecule has 2 bridgehead atoms. The molecule has 2 N–H and O–H groups in total. The molecule has 2 aliphatic rings. The molecule has 69 valence electrons. The molecule has 0 radical (unpaired) electrons. The Morgan fingerprint density at radius 1 is 1.23 bits per heavy atom. The van der Waals surface area contributed by atoms with Gasteiger partial charge < -0.3 is 0 Å². The summed E-state index contributed by atoms with van der Waals surface area (Å²) in [5.74, 6) is -4.49. The van der Waals surface area contributed by atoms with E-state index < -0.39 is 17.5 Å². The van der Waals surface area contributed by atoms with Crippen molar-refractivity contribution < 1.29 is 32.6 Å². The number of hydrogen-bond acceptors (Lipinski definition) is 1. The van der Waals surface area contributed by atoms with Gasteiger partial charge >= 0.3 is 82.7 Å². The third-order valence-corrected chi connectivity index (χ3v) is 38.1. The number of hydrogen-bond donors (Lipinski definition) is 2. The maximum absolute atomic E-state index is 11.2. The van der Waals surface area contributed by atoms with Crippen LogP contribution in [-0.4, -0.2) is 9.79 Å². The van der Waals surface area contributed by atoms with E-state index in [-0.39, 0.29) is 0 Å². The van der Waals surface area contributed by atoms with E-state index >= 15 is 0 Å². The Bertz CT molecular complexity index is 416. The summed E-state index contributed by atoms with van der Waals surface area (Å²) in [4.78, 5) is 18.3. The zero-order valence-electron chi connectivity index (χ0n) is 6.42. The summed E-state index contributed by atoms with van der Waals surface area (Å²) in [7, 11) is 11.9. The van der Waals surface area contributed by atoms with E-state index in [1.807, 2.05) is 0 Å². The topological polar surface area (TPSA) is 65.3 Å². The van der Waals surface area contributed by atoms with E-state index in [0.29, 0.717) is 0 Å². The van der Waals surface area contributed by atoms with E-state index in [9.17, 15) is 4.57 Å². The van der Waals surface area contributed by atoms with Crippen LogP contribution in [0.2, 0.25) is 0 Å². The summed E-state index contributed by atoms with van der Waals surface area (Å²) in [5.41, 5.74) is 0. The first-order chi connectivity index (χ1) is 5.77. The van der Waals surface area contributed by atoms with Gasteiger partial charge in [-0.2, -0.15) is 0 Å². The minimum atomic E-state index is -5.27. The molecule has 5 nitrogen and oxygen atoms in total. The van der Waals surface area contributed by atoms with Crippen LogP contribution in [0.4, 0.5) is 0 Å². The van der Waals surface area contributed by atoms with E-state index in [1.54, 1.807) is 6.07 Å². The molecule has 2 aliphatic heterocycles. The van der Waals surface area contributed by atoms with Gasteiger partial charge in [-0.25, -0.2) is 0 Å². The second-order valence-electron chi connectivity index (χ2n) is 3.54. The van der Waals surface area contributed by atoms with Gasteiger partial charge in [0.25, 0.3) is 0 Å². The summed E-state index contributed by atoms with van der Waals surface area (Å²) < 4.78 is 13.8. The molecule has 9 heteroatoms. The van der Waals surface area contributed by atoms with Gasteiger partial charge in [-0.15, -0.1) is 0 Å². The average Bonchev–Trinajstić information content (AvgIpc) is 2.03. The standard InChI is InChI=1S/C4H4N2.2ClH.HO3P.Zn/c1-2-5-4-6-3-1;;;1-4(2)3;/h1-4H;2*1H;(H-,1,2,3);/q;;;;+3/p-1. The molecule has 13 heavy (non-hydrogen) atoms. The van der Waals surface area contributed by atoms with E-state index in [4.69, 9.17) is 29.2 Å². The van der Waals surface area contributed by atoms with Crippen molar-refractivity contribution in [2.45, 2.75) is 0 Å². The second kappa shape index (κ2) is 2.33. The fraction of sp³-hybridized carbons (Fsp3) is 0. The molecule has 0 atom stereocenters. The molecule has 3 rings (SSSR count). The molecule has 1 aromatic rings. The summed E-state index contributed by atoms with van der Waals surface area (Å²) >= 11 is -5.27. The maximum atomic E-state index is 11.2. The molecule has 1 aromatic heterocycles. The van der Waals surface area contributed by atoms with Crippen molar-refractivity contribution in [2.75, 3.05) is 0 Å². The second-order valence-corrected chi connectivity index (χ2v) is 40.4. The van der Waals surface area contributed by atoms with Gasteiger partial charge in [0.05, 0.1) is 0 Å². The Kier molecular flexibility index (Phi) is 1.78. The Balaban J connectivity index is 2.75. The molecular weight excluding hydrogens is 291 g/mol. The van der Waals surface area contributed by atoms with Crippen LogP contribution in [0.1, 0.15) is 0 Å². The minimum absolute atomic E-state index is 1.28. The third kappa shape index (κ3) is 0.916. The third-order valence-electron chi connectivity index (χ3n) is 2.74. The molecule has 0 amide bonds. The van der Waals surface area contributed by atoms with Crippen LogP contribution in [0.15, 0.2) is 24.8 Å². The van der Waals surface area contributed by atoms with Crippen molar-refractivity contribution in [1.82, 2.24) is 0 Å². The summed E-state index contributed by atoms with van der Waals surface area (Å²) in [5, 5.41) is 0. The Hall–Kier alpha value is 0.433. The van der Waals surface area contributed by atoms with Crippen LogP contribution in [0.3, 0.4) is 0 Å². The quantitative estimate of drug-likeness (QED) is 0.561. The fourth-order valence-electron chi connectivity index (χ4n) is 1.66. The molecule has 0 aromatic carbocycles. The van der Waals surface area contributed by atoms with E-state index in [2.05, 4.69) is 0 Å². The Morgan fingerprint density at radius 3 is 1.92 bits per heavy atom. The van der Waals surface area contributed by atoms with Crippen LogP contribution in [0, 0.1) is 0 Å². The zero-order chi connectivity index (χ0) is 9.93. The molecule has 3 heterocycles. The molecular formula is C4H6Cl2N2O3PZn+2. The van der Waals surface area contributed by atoms with Gasteiger partial charge in [-0.05, 0) is 0 Å². The van der Waals surface area contributed by atoms with Gasteiger partial charge in [-0.3, -0.25) is 0 Å². The molecule has 0 spiro atoms. The van der Waals surface area contributed by atoms with Crippen molar-refractivity contribution in [3.05, 3.63) is 24.8 Å². The number of fused-ring (bicyclic) bond motifs is 2. The number of rotatable bonds is 1. The molecule has 0 saturated heterocycles. The predicted octanol–water partition coefficient (Wildman–Crippen LogP) is -0.109. The van der Waals surface area contributed by atoms with Gasteiger partial charge in [0, 0.05) is 0 Å². The molecule has 0 fully saturated rings. The van der Waals surface area contributed by atoms with Crippen molar-refractivity contribution in [1.29, 1.82) is 0 Å². The number of halogens is 2. The van der Waals surface area contributed by atoms with E-state index in [1.165, 1.54) is 25.3 Å². The zero-order valence-corrected chi connectivity index (χ0v) is 11.8. The molecule has 0 unspecified atom stereocenters. The molecule has 0 saturated carbocycles. The van der Waals surface area contributed by atoms with Gasteiger partial charge in [0.2, 0.25) is 0 Å². The van der Waals surface area contributed by atoms with E-state index in [0.717, 1.165) is 0 Å². The van der Waals surface area contributed by atoms with Gasteiger partial charge in [0.15, 0.2) is 0 Å². The summed E-state index contributed by atoms with van der Waals surface area (Å²) in [6, 6.07) is 1.62. The van der Waals surface area contributed by atoms with Crippen LogP contribution in [-0.2, 0) is 16.2 Å². The van der Waals surface area contributed by atoms with Gasteiger partial charge in [-0.1, -0.05) is 0 Å². The number of aromatic nitrogens is 2. The first kappa shape index (κ1) is 9.97. The fourth-order valence-corrected chi connectivity index (χ4v) is 16.7. The van der Waals surface area contributed by atoms with Crippen LogP contribution in [0.5, 0.6) is 0 Å². The average molecular weight is 297 g/mol. The van der Waals surface area contributed by atoms with Crippen LogP contribution >= 0.6 is 25.3 Å². The Morgan fingerprint density at radius 2 is 1.69 bits per heavy atom. The normalized spacial score (nSPS) is 21.5. The first-order valence-electron chi connectivity index (χ1n) is 3.77. The Labute approximate surface area is 82.6 Å². The van der Waals surface area contributed by atoms with Crippen molar-refractivity contribution >= 4 is 25.3 Å². The first-order valence-corrected chi connectivity index (χ1v) is 20.0. The van der Waals surface area contributed by atoms with Crippen molar-refractivity contribution in [3.63, 3.8) is 0 Å².